The Hall–Kier alpha value is -0.610. The van der Waals surface area contributed by atoms with E-state index in [1.54, 1.807) is 11.3 Å². The second-order valence-electron chi connectivity index (χ2n) is 4.26. The molecule has 1 unspecified atom stereocenters. The Morgan fingerprint density at radius 3 is 3.07 bits per heavy atom. The fourth-order valence-corrected chi connectivity index (χ4v) is 2.52. The standard InChI is InChI=1S/C11H18N2OS/c1-8(2)11-13-7-10(15-11)14-9-4-3-5-12-6-9/h7-9,12H,3-6H2,1-2H3. The molecule has 1 aromatic heterocycles. The highest BCUT2D eigenvalue weighted by Crippen LogP contribution is 2.28. The summed E-state index contributed by atoms with van der Waals surface area (Å²) in [6, 6.07) is 0. The SMILES string of the molecule is CC(C)c1ncc(OC2CCCNC2)s1. The molecule has 0 spiro atoms. The summed E-state index contributed by atoms with van der Waals surface area (Å²) in [6.45, 7) is 6.41. The molecule has 2 rings (SSSR count). The Labute approximate surface area is 94.9 Å². The molecule has 1 aromatic rings. The molecular formula is C11H18N2OS. The maximum atomic E-state index is 5.88. The number of hydrogen-bond donors (Lipinski definition) is 1. The molecular weight excluding hydrogens is 208 g/mol. The summed E-state index contributed by atoms with van der Waals surface area (Å²) in [5, 5.41) is 5.47. The van der Waals surface area contributed by atoms with Crippen LogP contribution < -0.4 is 10.1 Å². The minimum absolute atomic E-state index is 0.333. The van der Waals surface area contributed by atoms with E-state index in [2.05, 4.69) is 24.1 Å². The van der Waals surface area contributed by atoms with Gasteiger partial charge >= 0.3 is 0 Å². The highest BCUT2D eigenvalue weighted by molar-refractivity contribution is 7.13. The Balaban J connectivity index is 1.91. The van der Waals surface area contributed by atoms with Crippen molar-refractivity contribution in [2.45, 2.75) is 38.7 Å². The molecule has 3 nitrogen and oxygen atoms in total. The molecule has 0 saturated carbocycles. The zero-order valence-electron chi connectivity index (χ0n) is 9.32. The van der Waals surface area contributed by atoms with Crippen molar-refractivity contribution in [2.24, 2.45) is 0 Å². The van der Waals surface area contributed by atoms with Gasteiger partial charge in [0.05, 0.1) is 11.2 Å². The lowest BCUT2D eigenvalue weighted by Gasteiger charge is -2.22. The predicted octanol–water partition coefficient (Wildman–Crippen LogP) is 2.40. The molecule has 1 atom stereocenters. The van der Waals surface area contributed by atoms with Gasteiger partial charge in [0, 0.05) is 12.5 Å². The number of nitrogens with one attached hydrogen (secondary N) is 1. The first kappa shape index (κ1) is 10.9. The van der Waals surface area contributed by atoms with E-state index in [1.165, 1.54) is 6.42 Å². The van der Waals surface area contributed by atoms with Gasteiger partial charge < -0.3 is 10.1 Å². The van der Waals surface area contributed by atoms with Gasteiger partial charge in [-0.25, -0.2) is 4.98 Å². The van der Waals surface area contributed by atoms with Gasteiger partial charge in [-0.15, -0.1) is 0 Å². The second-order valence-corrected chi connectivity index (χ2v) is 5.28. The molecule has 0 bridgehead atoms. The lowest BCUT2D eigenvalue weighted by atomic mass is 10.1. The van der Waals surface area contributed by atoms with E-state index in [4.69, 9.17) is 4.74 Å². The van der Waals surface area contributed by atoms with E-state index < -0.39 is 0 Å². The highest BCUT2D eigenvalue weighted by atomic mass is 32.1. The molecule has 1 saturated heterocycles. The van der Waals surface area contributed by atoms with Crippen molar-refractivity contribution >= 4 is 11.3 Å². The zero-order valence-corrected chi connectivity index (χ0v) is 10.1. The topological polar surface area (TPSA) is 34.1 Å². The summed E-state index contributed by atoms with van der Waals surface area (Å²) in [7, 11) is 0. The van der Waals surface area contributed by atoms with Crippen molar-refractivity contribution < 1.29 is 4.74 Å². The molecule has 1 N–H and O–H groups in total. The number of aromatic nitrogens is 1. The maximum Gasteiger partial charge on any atom is 0.194 e. The third kappa shape index (κ3) is 2.92. The first-order valence-corrected chi connectivity index (χ1v) is 6.40. The van der Waals surface area contributed by atoms with Gasteiger partial charge in [-0.2, -0.15) is 0 Å². The summed E-state index contributed by atoms with van der Waals surface area (Å²) < 4.78 is 5.88. The molecule has 2 heterocycles. The first-order chi connectivity index (χ1) is 7.25. The van der Waals surface area contributed by atoms with Crippen molar-refractivity contribution in [3.8, 4) is 5.06 Å². The van der Waals surface area contributed by atoms with Gasteiger partial charge in [0.1, 0.15) is 6.10 Å². The third-order valence-electron chi connectivity index (χ3n) is 2.53. The van der Waals surface area contributed by atoms with Crippen LogP contribution in [0.4, 0.5) is 0 Å². The Morgan fingerprint density at radius 2 is 2.47 bits per heavy atom. The molecule has 15 heavy (non-hydrogen) atoms. The Bertz CT molecular complexity index is 305. The van der Waals surface area contributed by atoms with Crippen LogP contribution in [0.25, 0.3) is 0 Å². The number of thiazole rings is 1. The number of ether oxygens (including phenoxy) is 1. The lowest BCUT2D eigenvalue weighted by Crippen LogP contribution is -2.36. The van der Waals surface area contributed by atoms with Crippen LogP contribution >= 0.6 is 11.3 Å². The number of hydrogen-bond acceptors (Lipinski definition) is 4. The van der Waals surface area contributed by atoms with Crippen LogP contribution in [-0.4, -0.2) is 24.2 Å². The normalized spacial score (nSPS) is 21.9. The average Bonchev–Trinajstić information content (AvgIpc) is 2.68. The van der Waals surface area contributed by atoms with Crippen molar-refractivity contribution in [3.63, 3.8) is 0 Å². The minimum Gasteiger partial charge on any atom is -0.478 e. The molecule has 0 aliphatic carbocycles. The summed E-state index contributed by atoms with van der Waals surface area (Å²) in [6.07, 6.45) is 4.55. The molecule has 1 aliphatic heterocycles. The van der Waals surface area contributed by atoms with Crippen LogP contribution in [0.1, 0.15) is 37.6 Å². The van der Waals surface area contributed by atoms with Gasteiger partial charge in [-0.1, -0.05) is 25.2 Å². The molecule has 0 radical (unpaired) electrons. The zero-order chi connectivity index (χ0) is 10.7. The van der Waals surface area contributed by atoms with E-state index in [-0.39, 0.29) is 0 Å². The van der Waals surface area contributed by atoms with E-state index in [1.807, 2.05) is 6.20 Å². The van der Waals surface area contributed by atoms with Crippen LogP contribution in [0.15, 0.2) is 6.20 Å². The first-order valence-electron chi connectivity index (χ1n) is 5.59. The predicted molar refractivity (Wildman–Crippen MR) is 62.7 cm³/mol. The summed E-state index contributed by atoms with van der Waals surface area (Å²) >= 11 is 1.67. The van der Waals surface area contributed by atoms with Crippen LogP contribution in [0.5, 0.6) is 5.06 Å². The van der Waals surface area contributed by atoms with Crippen molar-refractivity contribution in [1.29, 1.82) is 0 Å². The quantitative estimate of drug-likeness (QED) is 0.859. The van der Waals surface area contributed by atoms with Gasteiger partial charge in [0.25, 0.3) is 0 Å². The number of nitrogens with zero attached hydrogens (tertiary/aromatic N) is 1. The summed E-state index contributed by atoms with van der Waals surface area (Å²) in [4.78, 5) is 4.35. The van der Waals surface area contributed by atoms with Crippen molar-refractivity contribution in [3.05, 3.63) is 11.2 Å². The Morgan fingerprint density at radius 1 is 1.60 bits per heavy atom. The molecule has 1 fully saturated rings. The van der Waals surface area contributed by atoms with Crippen LogP contribution in [0.3, 0.4) is 0 Å². The minimum atomic E-state index is 0.333. The van der Waals surface area contributed by atoms with Crippen LogP contribution in [-0.2, 0) is 0 Å². The number of piperidine rings is 1. The van der Waals surface area contributed by atoms with Crippen LogP contribution in [0.2, 0.25) is 0 Å². The van der Waals surface area contributed by atoms with Gasteiger partial charge in [-0.05, 0) is 19.4 Å². The van der Waals surface area contributed by atoms with Gasteiger partial charge in [-0.3, -0.25) is 0 Å². The lowest BCUT2D eigenvalue weighted by molar-refractivity contribution is 0.172. The molecule has 0 aromatic carbocycles. The average molecular weight is 226 g/mol. The molecule has 84 valence electrons. The Kier molecular flexibility index (Phi) is 3.59. The van der Waals surface area contributed by atoms with E-state index in [9.17, 15) is 0 Å². The highest BCUT2D eigenvalue weighted by Gasteiger charge is 2.16. The number of rotatable bonds is 3. The summed E-state index contributed by atoms with van der Waals surface area (Å²) in [5.74, 6) is 0.497. The molecule has 4 heteroatoms. The monoisotopic (exact) mass is 226 g/mol. The summed E-state index contributed by atoms with van der Waals surface area (Å²) in [5.41, 5.74) is 0. The van der Waals surface area contributed by atoms with Crippen molar-refractivity contribution in [2.75, 3.05) is 13.1 Å². The fourth-order valence-electron chi connectivity index (χ4n) is 1.68. The maximum absolute atomic E-state index is 5.88. The largest absolute Gasteiger partial charge is 0.478 e. The van der Waals surface area contributed by atoms with Crippen molar-refractivity contribution in [1.82, 2.24) is 10.3 Å². The molecule has 1 aliphatic rings. The molecule has 0 amide bonds. The van der Waals surface area contributed by atoms with E-state index in [0.717, 1.165) is 29.6 Å². The smallest absolute Gasteiger partial charge is 0.194 e. The van der Waals surface area contributed by atoms with Gasteiger partial charge in [0.15, 0.2) is 5.06 Å². The fraction of sp³-hybridized carbons (Fsp3) is 0.727. The van der Waals surface area contributed by atoms with Crippen LogP contribution in [0, 0.1) is 0 Å². The van der Waals surface area contributed by atoms with Gasteiger partial charge in [0.2, 0.25) is 0 Å². The van der Waals surface area contributed by atoms with E-state index in [0.29, 0.717) is 12.0 Å². The third-order valence-corrected chi connectivity index (χ3v) is 3.72. The second kappa shape index (κ2) is 4.94. The van der Waals surface area contributed by atoms with E-state index >= 15 is 0 Å².